The molecule has 8 heteroatoms. The van der Waals surface area contributed by atoms with Crippen molar-refractivity contribution < 1.29 is 29.4 Å². The monoisotopic (exact) mass is 438 g/mol. The van der Waals surface area contributed by atoms with Gasteiger partial charge in [0.2, 0.25) is 0 Å². The second kappa shape index (κ2) is 12.7. The molecule has 0 aliphatic rings. The van der Waals surface area contributed by atoms with E-state index in [0.29, 0.717) is 11.1 Å². The van der Waals surface area contributed by atoms with Gasteiger partial charge in [0.25, 0.3) is 11.8 Å². The average molecular weight is 438 g/mol. The third kappa shape index (κ3) is 7.71. The zero-order chi connectivity index (χ0) is 23.3. The van der Waals surface area contributed by atoms with Crippen LogP contribution in [0.5, 0.6) is 0 Å². The molecule has 0 saturated carbocycles. The summed E-state index contributed by atoms with van der Waals surface area (Å²) in [4.78, 5) is 47.3. The lowest BCUT2D eigenvalue weighted by atomic mass is 9.99. The Morgan fingerprint density at radius 2 is 0.938 bits per heavy atom. The predicted octanol–water partition coefficient (Wildman–Crippen LogP) is 2.87. The molecule has 0 bridgehead atoms. The van der Waals surface area contributed by atoms with Gasteiger partial charge >= 0.3 is 11.9 Å². The first-order valence-electron chi connectivity index (χ1n) is 10.2. The highest BCUT2D eigenvalue weighted by molar-refractivity contribution is 5.99. The van der Waals surface area contributed by atoms with Gasteiger partial charge in [0, 0.05) is 35.4 Å². The Kier molecular flexibility index (Phi) is 9.65. The average Bonchev–Trinajstić information content (AvgIpc) is 2.80. The Morgan fingerprint density at radius 1 is 0.594 bits per heavy atom. The Bertz CT molecular complexity index is 891. The molecular formula is C24H26N2O6. The van der Waals surface area contributed by atoms with E-state index in [-0.39, 0.29) is 61.7 Å². The summed E-state index contributed by atoms with van der Waals surface area (Å²) in [5, 5.41) is 24.4. The van der Waals surface area contributed by atoms with Crippen molar-refractivity contribution in [1.29, 1.82) is 0 Å². The highest BCUT2D eigenvalue weighted by atomic mass is 16.4. The fraction of sp³-hybridized carbons (Fsp3) is 0.250. The van der Waals surface area contributed by atoms with Crippen LogP contribution in [0.15, 0.2) is 71.8 Å². The summed E-state index contributed by atoms with van der Waals surface area (Å²) in [5.41, 5.74) is 0.595. The van der Waals surface area contributed by atoms with Crippen molar-refractivity contribution in [3.63, 3.8) is 0 Å². The lowest BCUT2D eigenvalue weighted by Gasteiger charge is -2.11. The maximum Gasteiger partial charge on any atom is 0.332 e. The SMILES string of the molecule is O=C(O)/C(CCCNC(=O)c1ccccc1)=C(\CCCNC(=O)c1ccccc1)C(=O)O. The molecule has 0 aliphatic heterocycles. The van der Waals surface area contributed by atoms with Crippen molar-refractivity contribution in [3.05, 3.63) is 82.9 Å². The minimum atomic E-state index is -1.30. The number of hydrogen-bond acceptors (Lipinski definition) is 4. The van der Waals surface area contributed by atoms with E-state index in [2.05, 4.69) is 10.6 Å². The van der Waals surface area contributed by atoms with Crippen LogP contribution in [0.25, 0.3) is 0 Å². The van der Waals surface area contributed by atoms with Crippen LogP contribution in [0.1, 0.15) is 46.4 Å². The van der Waals surface area contributed by atoms with E-state index < -0.39 is 11.9 Å². The summed E-state index contributed by atoms with van der Waals surface area (Å²) < 4.78 is 0. The molecule has 0 spiro atoms. The van der Waals surface area contributed by atoms with Gasteiger partial charge in [-0.3, -0.25) is 9.59 Å². The standard InChI is InChI=1S/C24H26N2O6/c27-21(17-9-3-1-4-10-17)25-15-7-13-19(23(29)30)20(24(31)32)14-8-16-26-22(28)18-11-5-2-6-12-18/h1-6,9-12H,7-8,13-16H2,(H,25,27)(H,26,28)(H,29,30)(H,31,32)/b20-19+. The predicted molar refractivity (Wildman–Crippen MR) is 118 cm³/mol. The summed E-state index contributed by atoms with van der Waals surface area (Å²) in [6.45, 7) is 0.426. The summed E-state index contributed by atoms with van der Waals surface area (Å²) in [6, 6.07) is 17.2. The molecule has 0 aliphatic carbocycles. The Balaban J connectivity index is 1.87. The maximum atomic E-state index is 12.0. The first kappa shape index (κ1) is 24.3. The topological polar surface area (TPSA) is 133 Å². The van der Waals surface area contributed by atoms with Crippen molar-refractivity contribution >= 4 is 23.8 Å². The first-order valence-corrected chi connectivity index (χ1v) is 10.2. The number of carboxylic acid groups (broad SMARTS) is 2. The molecule has 32 heavy (non-hydrogen) atoms. The van der Waals surface area contributed by atoms with Gasteiger partial charge in [0.1, 0.15) is 0 Å². The molecular weight excluding hydrogens is 412 g/mol. The number of amides is 2. The molecule has 8 nitrogen and oxygen atoms in total. The van der Waals surface area contributed by atoms with E-state index in [1.165, 1.54) is 0 Å². The molecule has 0 heterocycles. The molecule has 4 N–H and O–H groups in total. The minimum Gasteiger partial charge on any atom is -0.478 e. The van der Waals surface area contributed by atoms with Crippen molar-refractivity contribution in [1.82, 2.24) is 10.6 Å². The van der Waals surface area contributed by atoms with Crippen LogP contribution in [0.3, 0.4) is 0 Å². The number of rotatable bonds is 12. The minimum absolute atomic E-state index is 0.00239. The van der Waals surface area contributed by atoms with Gasteiger partial charge in [-0.25, -0.2) is 9.59 Å². The van der Waals surface area contributed by atoms with Crippen LogP contribution in [0.4, 0.5) is 0 Å². The normalized spacial score (nSPS) is 11.2. The molecule has 2 amide bonds. The van der Waals surface area contributed by atoms with Crippen LogP contribution in [-0.2, 0) is 9.59 Å². The zero-order valence-electron chi connectivity index (χ0n) is 17.5. The summed E-state index contributed by atoms with van der Waals surface area (Å²) in [5.74, 6) is -3.16. The second-order valence-electron chi connectivity index (χ2n) is 7.02. The molecule has 0 atom stereocenters. The summed E-state index contributed by atoms with van der Waals surface area (Å²) in [6.07, 6.45) is 0.564. The van der Waals surface area contributed by atoms with E-state index in [9.17, 15) is 29.4 Å². The number of aliphatic carboxylic acids is 2. The molecule has 2 aromatic carbocycles. The van der Waals surface area contributed by atoms with Crippen LogP contribution in [0, 0.1) is 0 Å². The smallest absolute Gasteiger partial charge is 0.332 e. The lowest BCUT2D eigenvalue weighted by molar-refractivity contribution is -0.136. The third-order valence-corrected chi connectivity index (χ3v) is 4.73. The number of carbonyl (C=O) groups is 4. The van der Waals surface area contributed by atoms with E-state index in [1.54, 1.807) is 60.7 Å². The molecule has 168 valence electrons. The van der Waals surface area contributed by atoms with Crippen LogP contribution in [-0.4, -0.2) is 47.1 Å². The van der Waals surface area contributed by atoms with Gasteiger partial charge in [-0.15, -0.1) is 0 Å². The number of hydrogen-bond donors (Lipinski definition) is 4. The fourth-order valence-corrected chi connectivity index (χ4v) is 3.09. The van der Waals surface area contributed by atoms with E-state index in [4.69, 9.17) is 0 Å². The highest BCUT2D eigenvalue weighted by Gasteiger charge is 2.20. The van der Waals surface area contributed by atoms with E-state index >= 15 is 0 Å². The number of benzene rings is 2. The first-order chi connectivity index (χ1) is 15.4. The van der Waals surface area contributed by atoms with Gasteiger partial charge in [-0.1, -0.05) is 36.4 Å². The second-order valence-corrected chi connectivity index (χ2v) is 7.02. The largest absolute Gasteiger partial charge is 0.478 e. The Morgan fingerprint density at radius 3 is 1.25 bits per heavy atom. The van der Waals surface area contributed by atoms with Crippen LogP contribution in [0.2, 0.25) is 0 Å². The number of carbonyl (C=O) groups excluding carboxylic acids is 2. The van der Waals surface area contributed by atoms with E-state index in [0.717, 1.165) is 0 Å². The van der Waals surface area contributed by atoms with Crippen LogP contribution < -0.4 is 10.6 Å². The third-order valence-electron chi connectivity index (χ3n) is 4.73. The van der Waals surface area contributed by atoms with Gasteiger partial charge in [0.15, 0.2) is 0 Å². The maximum absolute atomic E-state index is 12.0. The number of carboxylic acids is 2. The molecule has 0 unspecified atom stereocenters. The fourth-order valence-electron chi connectivity index (χ4n) is 3.09. The Labute approximate surface area is 186 Å². The summed E-state index contributed by atoms with van der Waals surface area (Å²) in [7, 11) is 0. The van der Waals surface area contributed by atoms with Crippen LogP contribution >= 0.6 is 0 Å². The van der Waals surface area contributed by atoms with Gasteiger partial charge in [-0.05, 0) is 49.9 Å². The van der Waals surface area contributed by atoms with Gasteiger partial charge in [-0.2, -0.15) is 0 Å². The molecule has 2 aromatic rings. The van der Waals surface area contributed by atoms with Gasteiger partial charge < -0.3 is 20.8 Å². The van der Waals surface area contributed by atoms with E-state index in [1.807, 2.05) is 0 Å². The van der Waals surface area contributed by atoms with Crippen molar-refractivity contribution in [3.8, 4) is 0 Å². The quantitative estimate of drug-likeness (QED) is 0.298. The number of nitrogens with one attached hydrogen (secondary N) is 2. The van der Waals surface area contributed by atoms with Gasteiger partial charge in [0.05, 0.1) is 0 Å². The molecule has 0 fully saturated rings. The lowest BCUT2D eigenvalue weighted by Crippen LogP contribution is -2.25. The van der Waals surface area contributed by atoms with Crippen molar-refractivity contribution in [2.45, 2.75) is 25.7 Å². The van der Waals surface area contributed by atoms with Crippen molar-refractivity contribution in [2.75, 3.05) is 13.1 Å². The molecule has 0 radical (unpaired) electrons. The summed E-state index contributed by atoms with van der Waals surface area (Å²) >= 11 is 0. The zero-order valence-corrected chi connectivity index (χ0v) is 17.5. The van der Waals surface area contributed by atoms with Crippen molar-refractivity contribution in [2.24, 2.45) is 0 Å². The highest BCUT2D eigenvalue weighted by Crippen LogP contribution is 2.17. The molecule has 0 aromatic heterocycles. The molecule has 0 saturated heterocycles. The molecule has 2 rings (SSSR count). The Hall–Kier alpha value is -3.94.